The highest BCUT2D eigenvalue weighted by Gasteiger charge is 2.25. The molecular weight excluding hydrogens is 384 g/mol. The highest BCUT2D eigenvalue weighted by molar-refractivity contribution is 5.97. The fourth-order valence-electron chi connectivity index (χ4n) is 3.42. The lowest BCUT2D eigenvalue weighted by Gasteiger charge is -2.19. The molecule has 0 aliphatic carbocycles. The van der Waals surface area contributed by atoms with Gasteiger partial charge in [-0.05, 0) is 48.7 Å². The van der Waals surface area contributed by atoms with Crippen LogP contribution in [-0.2, 0) is 11.3 Å². The van der Waals surface area contributed by atoms with Crippen molar-refractivity contribution in [3.63, 3.8) is 0 Å². The van der Waals surface area contributed by atoms with Crippen LogP contribution in [0.15, 0.2) is 48.5 Å². The smallest absolute Gasteiger partial charge is 0.268 e. The van der Waals surface area contributed by atoms with Gasteiger partial charge in [0.25, 0.3) is 11.8 Å². The van der Waals surface area contributed by atoms with Gasteiger partial charge in [0.1, 0.15) is 6.04 Å². The molecule has 1 unspecified atom stereocenters. The average molecular weight is 412 g/mol. The summed E-state index contributed by atoms with van der Waals surface area (Å²) in [5, 5.41) is 27.7. The molecular formula is C22H28N4O4. The Balaban J connectivity index is 1.60. The van der Waals surface area contributed by atoms with Gasteiger partial charge in [0, 0.05) is 24.7 Å². The van der Waals surface area contributed by atoms with E-state index in [0.717, 1.165) is 37.2 Å². The number of hydroxylamine groups is 1. The minimum absolute atomic E-state index is 0.348. The summed E-state index contributed by atoms with van der Waals surface area (Å²) >= 11 is 0. The van der Waals surface area contributed by atoms with E-state index in [1.165, 1.54) is 18.0 Å². The fourth-order valence-corrected chi connectivity index (χ4v) is 3.42. The molecule has 0 spiro atoms. The maximum absolute atomic E-state index is 12.4. The van der Waals surface area contributed by atoms with E-state index < -0.39 is 24.0 Å². The Hall–Kier alpha value is -2.78. The van der Waals surface area contributed by atoms with Gasteiger partial charge in [-0.25, -0.2) is 5.48 Å². The van der Waals surface area contributed by atoms with Crippen LogP contribution >= 0.6 is 0 Å². The summed E-state index contributed by atoms with van der Waals surface area (Å²) in [6.45, 7) is 4.27. The lowest BCUT2D eigenvalue weighted by Crippen LogP contribution is -2.51. The van der Waals surface area contributed by atoms with Crippen molar-refractivity contribution in [2.75, 3.05) is 13.1 Å². The Kier molecular flexibility index (Phi) is 7.53. The van der Waals surface area contributed by atoms with Crippen LogP contribution in [0.1, 0.15) is 29.3 Å². The third-order valence-electron chi connectivity index (χ3n) is 5.25. The van der Waals surface area contributed by atoms with Gasteiger partial charge in [0.2, 0.25) is 0 Å². The summed E-state index contributed by atoms with van der Waals surface area (Å²) in [4.78, 5) is 23.9. The Labute approximate surface area is 175 Å². The number of aliphatic hydroxyl groups is 1. The Bertz CT molecular complexity index is 846. The van der Waals surface area contributed by atoms with E-state index in [-0.39, 0.29) is 0 Å². The van der Waals surface area contributed by atoms with E-state index in [2.05, 4.69) is 28.1 Å². The zero-order valence-electron chi connectivity index (χ0n) is 16.9. The number of carbonyl (C=O) groups excluding carboxylic acids is 2. The van der Waals surface area contributed by atoms with Crippen LogP contribution in [0.4, 0.5) is 0 Å². The van der Waals surface area contributed by atoms with Crippen molar-refractivity contribution in [2.45, 2.75) is 38.1 Å². The number of hydrogen-bond donors (Lipinski definition) is 6. The van der Waals surface area contributed by atoms with Crippen molar-refractivity contribution in [1.29, 1.82) is 0 Å². The van der Waals surface area contributed by atoms with E-state index in [1.807, 2.05) is 24.3 Å². The number of carbonyl (C=O) groups is 2. The van der Waals surface area contributed by atoms with Crippen LogP contribution in [0.3, 0.4) is 0 Å². The summed E-state index contributed by atoms with van der Waals surface area (Å²) in [5.74, 6) is -1.40. The number of amides is 2. The van der Waals surface area contributed by atoms with Crippen molar-refractivity contribution in [1.82, 2.24) is 21.4 Å². The molecule has 6 N–H and O–H groups in total. The molecule has 30 heavy (non-hydrogen) atoms. The van der Waals surface area contributed by atoms with Crippen molar-refractivity contribution >= 4 is 11.8 Å². The molecule has 8 nitrogen and oxygen atoms in total. The van der Waals surface area contributed by atoms with Gasteiger partial charge in [-0.15, -0.1) is 0 Å². The molecule has 0 radical (unpaired) electrons. The predicted molar refractivity (Wildman–Crippen MR) is 113 cm³/mol. The normalized spacial score (nSPS) is 17.9. The molecule has 2 aromatic rings. The van der Waals surface area contributed by atoms with Crippen LogP contribution in [0.5, 0.6) is 0 Å². The molecule has 1 saturated heterocycles. The topological polar surface area (TPSA) is 123 Å². The molecule has 1 heterocycles. The zero-order valence-corrected chi connectivity index (χ0v) is 16.9. The van der Waals surface area contributed by atoms with Crippen LogP contribution in [-0.4, -0.2) is 53.4 Å². The van der Waals surface area contributed by atoms with Crippen LogP contribution in [0, 0.1) is 0 Å². The molecule has 0 bridgehead atoms. The molecule has 3 atom stereocenters. The molecule has 0 aromatic heterocycles. The second-order valence-corrected chi connectivity index (χ2v) is 7.51. The van der Waals surface area contributed by atoms with Gasteiger partial charge in [0.15, 0.2) is 0 Å². The fraction of sp³-hybridized carbons (Fsp3) is 0.364. The lowest BCUT2D eigenvalue weighted by atomic mass is 10.0. The third-order valence-corrected chi connectivity index (χ3v) is 5.25. The number of hydrogen-bond acceptors (Lipinski definition) is 6. The standard InChI is InChI=1S/C22H28N4O4/c1-14(27)20(22(29)26-30)25-21(28)18-8-6-17(7-9-18)16-4-2-15(3-5-16)12-24-19-10-11-23-13-19/h2-9,14,19-20,23-24,27,30H,10-13H2,1H3,(H,25,28)(H,26,29)/t14-,19?,20+/m1/s1. The van der Waals surface area contributed by atoms with Crippen molar-refractivity contribution in [3.05, 3.63) is 59.7 Å². The summed E-state index contributed by atoms with van der Waals surface area (Å²) in [6.07, 6.45) is -0.000925. The Morgan fingerprint density at radius 1 is 1.10 bits per heavy atom. The predicted octanol–water partition coefficient (Wildman–Crippen LogP) is 0.790. The summed E-state index contributed by atoms with van der Waals surface area (Å²) in [6, 6.07) is 14.5. The van der Waals surface area contributed by atoms with Crippen molar-refractivity contribution < 1.29 is 19.9 Å². The quantitative estimate of drug-likeness (QED) is 0.282. The van der Waals surface area contributed by atoms with E-state index in [1.54, 1.807) is 12.1 Å². The van der Waals surface area contributed by atoms with E-state index in [9.17, 15) is 14.7 Å². The second kappa shape index (κ2) is 10.3. The van der Waals surface area contributed by atoms with E-state index in [4.69, 9.17) is 5.21 Å². The van der Waals surface area contributed by atoms with Crippen molar-refractivity contribution in [2.24, 2.45) is 0 Å². The SMILES string of the molecule is C[C@@H](O)[C@H](NC(=O)c1ccc(-c2ccc(CNC3CCNC3)cc2)cc1)C(=O)NO. The van der Waals surface area contributed by atoms with Crippen LogP contribution in [0.2, 0.25) is 0 Å². The maximum Gasteiger partial charge on any atom is 0.268 e. The first-order valence-corrected chi connectivity index (χ1v) is 10.0. The van der Waals surface area contributed by atoms with E-state index in [0.29, 0.717) is 11.6 Å². The molecule has 1 fully saturated rings. The van der Waals surface area contributed by atoms with Gasteiger partial charge < -0.3 is 21.1 Å². The second-order valence-electron chi connectivity index (χ2n) is 7.51. The molecule has 1 aliphatic rings. The van der Waals surface area contributed by atoms with Crippen LogP contribution < -0.4 is 21.4 Å². The molecule has 2 amide bonds. The highest BCUT2D eigenvalue weighted by atomic mass is 16.5. The molecule has 1 aliphatic heterocycles. The first-order chi connectivity index (χ1) is 14.5. The number of aliphatic hydroxyl groups excluding tert-OH is 1. The molecule has 3 rings (SSSR count). The summed E-state index contributed by atoms with van der Waals surface area (Å²) in [7, 11) is 0. The Morgan fingerprint density at radius 2 is 1.73 bits per heavy atom. The maximum atomic E-state index is 12.4. The van der Waals surface area contributed by atoms with Gasteiger partial charge in [-0.2, -0.15) is 0 Å². The highest BCUT2D eigenvalue weighted by Crippen LogP contribution is 2.20. The molecule has 2 aromatic carbocycles. The molecule has 8 heteroatoms. The first kappa shape index (κ1) is 21.9. The molecule has 160 valence electrons. The van der Waals surface area contributed by atoms with Gasteiger partial charge in [0.05, 0.1) is 6.10 Å². The van der Waals surface area contributed by atoms with Crippen LogP contribution in [0.25, 0.3) is 11.1 Å². The lowest BCUT2D eigenvalue weighted by molar-refractivity contribution is -0.133. The third kappa shape index (κ3) is 5.64. The minimum atomic E-state index is -1.25. The Morgan fingerprint density at radius 3 is 2.27 bits per heavy atom. The summed E-state index contributed by atoms with van der Waals surface area (Å²) in [5.41, 5.74) is 5.01. The summed E-state index contributed by atoms with van der Waals surface area (Å²) < 4.78 is 0. The molecule has 0 saturated carbocycles. The first-order valence-electron chi connectivity index (χ1n) is 10.0. The minimum Gasteiger partial charge on any atom is -0.391 e. The van der Waals surface area contributed by atoms with E-state index >= 15 is 0 Å². The van der Waals surface area contributed by atoms with Gasteiger partial charge >= 0.3 is 0 Å². The largest absolute Gasteiger partial charge is 0.391 e. The number of benzene rings is 2. The monoisotopic (exact) mass is 412 g/mol. The van der Waals surface area contributed by atoms with Gasteiger partial charge in [-0.3, -0.25) is 14.8 Å². The average Bonchev–Trinajstić information content (AvgIpc) is 3.29. The number of nitrogens with one attached hydrogen (secondary N) is 4. The number of rotatable bonds is 8. The van der Waals surface area contributed by atoms with Gasteiger partial charge in [-0.1, -0.05) is 36.4 Å². The van der Waals surface area contributed by atoms with Crippen molar-refractivity contribution in [3.8, 4) is 11.1 Å². The zero-order chi connectivity index (χ0) is 21.5.